The van der Waals surface area contributed by atoms with E-state index < -0.39 is 4.92 Å². The zero-order chi connectivity index (χ0) is 22.8. The van der Waals surface area contributed by atoms with Crippen LogP contribution >= 0.6 is 23.1 Å². The van der Waals surface area contributed by atoms with Crippen LogP contribution in [0.4, 0.5) is 5.69 Å². The highest BCUT2D eigenvalue weighted by atomic mass is 32.2. The molecule has 0 saturated carbocycles. The second-order valence-corrected chi connectivity index (χ2v) is 8.93. The van der Waals surface area contributed by atoms with Crippen molar-refractivity contribution in [3.8, 4) is 27.9 Å². The van der Waals surface area contributed by atoms with E-state index in [9.17, 15) is 10.1 Å². The largest absolute Gasteiger partial charge is 0.495 e. The van der Waals surface area contributed by atoms with Crippen molar-refractivity contribution in [1.82, 2.24) is 14.8 Å². The second kappa shape index (κ2) is 9.22. The molecule has 0 amide bonds. The normalized spacial score (nSPS) is 12.8. The Bertz CT molecular complexity index is 1310. The van der Waals surface area contributed by atoms with Crippen molar-refractivity contribution < 1.29 is 19.1 Å². The summed E-state index contributed by atoms with van der Waals surface area (Å²) in [6.45, 7) is 0.386. The molecular formula is C22H18N4O5S2. The number of nitrogens with zero attached hydrogens (tertiary/aromatic N) is 4. The first-order chi connectivity index (χ1) is 16.2. The zero-order valence-electron chi connectivity index (χ0n) is 17.5. The van der Waals surface area contributed by atoms with Gasteiger partial charge in [0.15, 0.2) is 17.8 Å². The van der Waals surface area contributed by atoms with Crippen molar-refractivity contribution in [2.24, 2.45) is 0 Å². The third-order valence-corrected chi connectivity index (χ3v) is 6.88. The van der Waals surface area contributed by atoms with Gasteiger partial charge in [0, 0.05) is 29.0 Å². The molecule has 0 unspecified atom stereocenters. The molecule has 2 aromatic carbocycles. The lowest BCUT2D eigenvalue weighted by molar-refractivity contribution is -0.385. The third-order valence-electron chi connectivity index (χ3n) is 5.04. The van der Waals surface area contributed by atoms with Crippen molar-refractivity contribution in [2.75, 3.05) is 13.9 Å². The van der Waals surface area contributed by atoms with Crippen LogP contribution in [0.5, 0.6) is 11.5 Å². The van der Waals surface area contributed by atoms with E-state index in [2.05, 4.69) is 10.2 Å². The average molecular weight is 483 g/mol. The number of nitro groups is 1. The molecule has 0 fully saturated rings. The summed E-state index contributed by atoms with van der Waals surface area (Å²) >= 11 is 2.99. The number of ether oxygens (including phenoxy) is 3. The summed E-state index contributed by atoms with van der Waals surface area (Å²) in [4.78, 5) is 12.0. The molecule has 2 aromatic heterocycles. The summed E-state index contributed by atoms with van der Waals surface area (Å²) < 4.78 is 18.5. The minimum absolute atomic E-state index is 0.00363. The van der Waals surface area contributed by atoms with E-state index in [-0.39, 0.29) is 19.1 Å². The molecule has 33 heavy (non-hydrogen) atoms. The Kier molecular flexibility index (Phi) is 5.99. The van der Waals surface area contributed by atoms with Crippen molar-refractivity contribution >= 4 is 28.8 Å². The number of thioether (sulfide) groups is 1. The van der Waals surface area contributed by atoms with Crippen molar-refractivity contribution in [3.05, 3.63) is 75.2 Å². The van der Waals surface area contributed by atoms with Crippen LogP contribution in [0, 0.1) is 10.1 Å². The van der Waals surface area contributed by atoms with E-state index in [0.29, 0.717) is 39.4 Å². The molecule has 9 nitrogen and oxygen atoms in total. The van der Waals surface area contributed by atoms with Gasteiger partial charge in [0.1, 0.15) is 11.5 Å². The fourth-order valence-corrected chi connectivity index (χ4v) is 5.21. The molecule has 168 valence electrons. The fraction of sp³-hybridized carbons (Fsp3) is 0.182. The maximum atomic E-state index is 11.4. The molecule has 0 spiro atoms. The average Bonchev–Trinajstić information content (AvgIpc) is 3.52. The summed E-state index contributed by atoms with van der Waals surface area (Å²) in [5, 5.41) is 22.9. The summed E-state index contributed by atoms with van der Waals surface area (Å²) in [6, 6.07) is 14.6. The molecule has 4 aromatic rings. The molecular weight excluding hydrogens is 464 g/mol. The number of nitro benzene ring substituents is 1. The van der Waals surface area contributed by atoms with Crippen LogP contribution in [0.25, 0.3) is 16.4 Å². The Morgan fingerprint density at radius 3 is 2.91 bits per heavy atom. The number of fused-ring (bicyclic) bond motifs is 1. The van der Waals surface area contributed by atoms with E-state index in [1.54, 1.807) is 24.5 Å². The molecule has 3 heterocycles. The Hall–Kier alpha value is -3.41. The molecule has 11 heteroatoms. The van der Waals surface area contributed by atoms with E-state index in [4.69, 9.17) is 14.2 Å². The van der Waals surface area contributed by atoms with Gasteiger partial charge in [0.25, 0.3) is 5.69 Å². The first-order valence-corrected chi connectivity index (χ1v) is 11.8. The molecule has 0 radical (unpaired) electrons. The van der Waals surface area contributed by atoms with E-state index >= 15 is 0 Å². The number of hydrogen-bond donors (Lipinski definition) is 0. The molecule has 0 atom stereocenters. The van der Waals surface area contributed by atoms with Gasteiger partial charge in [-0.05, 0) is 23.6 Å². The van der Waals surface area contributed by atoms with Crippen LogP contribution in [0.3, 0.4) is 0 Å². The number of thiophene rings is 1. The molecule has 0 saturated heterocycles. The molecule has 1 aliphatic rings. The number of benzene rings is 2. The lowest BCUT2D eigenvalue weighted by atomic mass is 10.1. The third kappa shape index (κ3) is 4.17. The highest BCUT2D eigenvalue weighted by Crippen LogP contribution is 2.38. The van der Waals surface area contributed by atoms with Gasteiger partial charge in [-0.15, -0.1) is 21.5 Å². The van der Waals surface area contributed by atoms with Crippen LogP contribution in [-0.4, -0.2) is 33.6 Å². The Labute approximate surface area is 197 Å². The van der Waals surface area contributed by atoms with Gasteiger partial charge in [-0.2, -0.15) is 0 Å². The Morgan fingerprint density at radius 2 is 2.12 bits per heavy atom. The maximum Gasteiger partial charge on any atom is 0.270 e. The van der Waals surface area contributed by atoms with Gasteiger partial charge >= 0.3 is 0 Å². The number of rotatable bonds is 7. The van der Waals surface area contributed by atoms with Gasteiger partial charge in [-0.3, -0.25) is 14.7 Å². The van der Waals surface area contributed by atoms with Crippen molar-refractivity contribution in [1.29, 1.82) is 0 Å². The molecule has 0 bridgehead atoms. The summed E-state index contributed by atoms with van der Waals surface area (Å²) in [5.41, 5.74) is 2.18. The van der Waals surface area contributed by atoms with Crippen LogP contribution in [0.15, 0.2) is 59.1 Å². The van der Waals surface area contributed by atoms with Gasteiger partial charge < -0.3 is 14.2 Å². The van der Waals surface area contributed by atoms with Crippen LogP contribution in [0.2, 0.25) is 0 Å². The predicted molar refractivity (Wildman–Crippen MR) is 124 cm³/mol. The topological polar surface area (TPSA) is 102 Å². The van der Waals surface area contributed by atoms with E-state index in [0.717, 1.165) is 10.6 Å². The Morgan fingerprint density at radius 1 is 1.24 bits per heavy atom. The molecule has 0 aliphatic carbocycles. The van der Waals surface area contributed by atoms with Gasteiger partial charge in [0.2, 0.25) is 0 Å². The number of hydrogen-bond acceptors (Lipinski definition) is 9. The standard InChI is InChI=1S/C22H18N4O5S2/c1-29-18-6-3-2-5-17(18)25-21(19-7-4-8-32-19)23-24-22(25)33-12-15-10-16(26(27)28)9-14-11-30-13-31-20(14)15/h2-10H,11-13H2,1H3. The van der Waals surface area contributed by atoms with Crippen LogP contribution in [0.1, 0.15) is 11.1 Å². The minimum atomic E-state index is -0.407. The molecule has 5 rings (SSSR count). The number of aromatic nitrogens is 3. The SMILES string of the molecule is COc1ccccc1-n1c(SCc2cc([N+](=O)[O-])cc3c2OCOC3)nnc1-c1cccs1. The van der Waals surface area contributed by atoms with Crippen LogP contribution in [-0.2, 0) is 17.1 Å². The quantitative estimate of drug-likeness (QED) is 0.204. The smallest absolute Gasteiger partial charge is 0.270 e. The number of para-hydroxylation sites is 2. The lowest BCUT2D eigenvalue weighted by Gasteiger charge is -2.20. The van der Waals surface area contributed by atoms with E-state index in [1.807, 2.05) is 46.3 Å². The summed E-state index contributed by atoms with van der Waals surface area (Å²) in [5.74, 6) is 2.41. The van der Waals surface area contributed by atoms with Crippen molar-refractivity contribution in [3.63, 3.8) is 0 Å². The second-order valence-electron chi connectivity index (χ2n) is 7.04. The highest BCUT2D eigenvalue weighted by molar-refractivity contribution is 7.98. The number of non-ortho nitro benzene ring substituents is 1. The van der Waals surface area contributed by atoms with Gasteiger partial charge in [-0.25, -0.2) is 0 Å². The van der Waals surface area contributed by atoms with Gasteiger partial charge in [-0.1, -0.05) is 30.0 Å². The van der Waals surface area contributed by atoms with E-state index in [1.165, 1.54) is 17.8 Å². The molecule has 1 aliphatic heterocycles. The highest BCUT2D eigenvalue weighted by Gasteiger charge is 2.23. The van der Waals surface area contributed by atoms with Crippen molar-refractivity contribution in [2.45, 2.75) is 17.5 Å². The first kappa shape index (κ1) is 21.4. The minimum Gasteiger partial charge on any atom is -0.495 e. The maximum absolute atomic E-state index is 11.4. The zero-order valence-corrected chi connectivity index (χ0v) is 19.1. The molecule has 0 N–H and O–H groups in total. The number of methoxy groups -OCH3 is 1. The Balaban J connectivity index is 1.55. The lowest BCUT2D eigenvalue weighted by Crippen LogP contribution is -2.13. The summed E-state index contributed by atoms with van der Waals surface area (Å²) in [7, 11) is 1.62. The predicted octanol–water partition coefficient (Wildman–Crippen LogP) is 5.07. The van der Waals surface area contributed by atoms with Gasteiger partial charge in [0.05, 0.1) is 29.2 Å². The summed E-state index contributed by atoms with van der Waals surface area (Å²) in [6.07, 6.45) is 0. The monoisotopic (exact) mass is 482 g/mol. The first-order valence-electron chi connectivity index (χ1n) is 9.92. The fourth-order valence-electron chi connectivity index (χ4n) is 3.60. The van der Waals surface area contributed by atoms with Crippen LogP contribution < -0.4 is 9.47 Å².